The van der Waals surface area contributed by atoms with Crippen LogP contribution in [-0.4, -0.2) is 12.1 Å². The fraction of sp³-hybridized carbons (Fsp3) is 1.00. The molecule has 10 heavy (non-hydrogen) atoms. The molecule has 0 aliphatic carbocycles. The molecule has 0 aromatic carbocycles. The Morgan fingerprint density at radius 1 is 1.00 bits per heavy atom. The summed E-state index contributed by atoms with van der Waals surface area (Å²) in [5.41, 5.74) is 0. The van der Waals surface area contributed by atoms with Gasteiger partial charge in [0.1, 0.15) is 0 Å². The molecule has 0 saturated carbocycles. The molecule has 3 unspecified atom stereocenters. The zero-order chi connectivity index (χ0) is 6.97. The zero-order valence-corrected chi connectivity index (χ0v) is 6.77. The fourth-order valence-corrected chi connectivity index (χ4v) is 2.41. The molecular formula is C9H17N. The standard InChI is InChI=1S/C9H17N/c1-7-2-3-8-4-5-9(6-7)10-8/h7-10H,2-6H2,1H3. The maximum absolute atomic E-state index is 3.68. The lowest BCUT2D eigenvalue weighted by atomic mass is 9.93. The molecule has 2 aliphatic heterocycles. The van der Waals surface area contributed by atoms with E-state index in [-0.39, 0.29) is 0 Å². The normalized spacial score (nSPS) is 47.1. The van der Waals surface area contributed by atoms with Crippen LogP contribution in [0.4, 0.5) is 0 Å². The number of rotatable bonds is 0. The Bertz CT molecular complexity index is 122. The van der Waals surface area contributed by atoms with Gasteiger partial charge in [0.2, 0.25) is 0 Å². The summed E-state index contributed by atoms with van der Waals surface area (Å²) in [5, 5.41) is 3.68. The summed E-state index contributed by atoms with van der Waals surface area (Å²) in [6, 6.07) is 1.76. The minimum absolute atomic E-state index is 0.877. The Kier molecular flexibility index (Phi) is 1.69. The highest BCUT2D eigenvalue weighted by Gasteiger charge is 2.28. The fourth-order valence-electron chi connectivity index (χ4n) is 2.41. The minimum Gasteiger partial charge on any atom is -0.311 e. The van der Waals surface area contributed by atoms with Gasteiger partial charge in [-0.15, -0.1) is 0 Å². The molecule has 0 aromatic heterocycles. The topological polar surface area (TPSA) is 12.0 Å². The summed E-state index contributed by atoms with van der Waals surface area (Å²) in [7, 11) is 0. The van der Waals surface area contributed by atoms with E-state index in [1.54, 1.807) is 0 Å². The molecule has 2 rings (SSSR count). The van der Waals surface area contributed by atoms with E-state index in [1.807, 2.05) is 0 Å². The van der Waals surface area contributed by atoms with Crippen molar-refractivity contribution in [2.75, 3.05) is 0 Å². The first-order valence-corrected chi connectivity index (χ1v) is 4.60. The average Bonchev–Trinajstić information content (AvgIpc) is 2.22. The summed E-state index contributed by atoms with van der Waals surface area (Å²) in [4.78, 5) is 0. The van der Waals surface area contributed by atoms with Crippen LogP contribution < -0.4 is 5.32 Å². The lowest BCUT2D eigenvalue weighted by molar-refractivity contribution is 0.433. The highest BCUT2D eigenvalue weighted by atomic mass is 15.0. The van der Waals surface area contributed by atoms with Crippen molar-refractivity contribution in [3.63, 3.8) is 0 Å². The van der Waals surface area contributed by atoms with Gasteiger partial charge in [-0.1, -0.05) is 6.92 Å². The van der Waals surface area contributed by atoms with Gasteiger partial charge >= 0.3 is 0 Å². The van der Waals surface area contributed by atoms with Crippen LogP contribution in [0.25, 0.3) is 0 Å². The molecule has 0 aromatic rings. The van der Waals surface area contributed by atoms with Gasteiger partial charge in [0.15, 0.2) is 0 Å². The Labute approximate surface area is 63.2 Å². The van der Waals surface area contributed by atoms with Crippen LogP contribution >= 0.6 is 0 Å². The highest BCUT2D eigenvalue weighted by Crippen LogP contribution is 2.28. The minimum atomic E-state index is 0.877. The summed E-state index contributed by atoms with van der Waals surface area (Å²) in [6.45, 7) is 2.39. The van der Waals surface area contributed by atoms with Crippen LogP contribution in [-0.2, 0) is 0 Å². The second-order valence-electron chi connectivity index (χ2n) is 4.06. The van der Waals surface area contributed by atoms with Crippen molar-refractivity contribution in [1.29, 1.82) is 0 Å². The van der Waals surface area contributed by atoms with Crippen molar-refractivity contribution in [1.82, 2.24) is 5.32 Å². The molecule has 58 valence electrons. The first kappa shape index (κ1) is 6.66. The molecular weight excluding hydrogens is 122 g/mol. The number of hydrogen-bond acceptors (Lipinski definition) is 1. The maximum atomic E-state index is 3.68. The summed E-state index contributed by atoms with van der Waals surface area (Å²) < 4.78 is 0. The molecule has 2 fully saturated rings. The predicted octanol–water partition coefficient (Wildman–Crippen LogP) is 1.93. The monoisotopic (exact) mass is 139 g/mol. The van der Waals surface area contributed by atoms with Crippen LogP contribution in [0.2, 0.25) is 0 Å². The first-order valence-electron chi connectivity index (χ1n) is 4.60. The summed E-state index contributed by atoms with van der Waals surface area (Å²) >= 11 is 0. The Morgan fingerprint density at radius 2 is 1.70 bits per heavy atom. The van der Waals surface area contributed by atoms with Crippen LogP contribution in [0.5, 0.6) is 0 Å². The van der Waals surface area contributed by atoms with E-state index in [4.69, 9.17) is 0 Å². The average molecular weight is 139 g/mol. The first-order chi connectivity index (χ1) is 4.84. The molecule has 2 heterocycles. The van der Waals surface area contributed by atoms with E-state index in [2.05, 4.69) is 12.2 Å². The van der Waals surface area contributed by atoms with E-state index < -0.39 is 0 Å². The van der Waals surface area contributed by atoms with E-state index >= 15 is 0 Å². The van der Waals surface area contributed by atoms with Crippen LogP contribution in [0.1, 0.15) is 39.0 Å². The lowest BCUT2D eigenvalue weighted by Crippen LogP contribution is -2.26. The van der Waals surface area contributed by atoms with Gasteiger partial charge in [-0.3, -0.25) is 0 Å². The molecule has 0 amide bonds. The summed E-state index contributed by atoms with van der Waals surface area (Å²) in [5.74, 6) is 0.975. The van der Waals surface area contributed by atoms with Gasteiger partial charge < -0.3 is 5.32 Å². The van der Waals surface area contributed by atoms with Gasteiger partial charge in [0.25, 0.3) is 0 Å². The van der Waals surface area contributed by atoms with Crippen molar-refractivity contribution in [2.45, 2.75) is 51.1 Å². The van der Waals surface area contributed by atoms with E-state index in [0.29, 0.717) is 0 Å². The third kappa shape index (κ3) is 1.20. The molecule has 2 saturated heterocycles. The molecule has 1 N–H and O–H groups in total. The van der Waals surface area contributed by atoms with Crippen molar-refractivity contribution in [3.05, 3.63) is 0 Å². The molecule has 2 bridgehead atoms. The van der Waals surface area contributed by atoms with Crippen LogP contribution in [0.3, 0.4) is 0 Å². The lowest BCUT2D eigenvalue weighted by Gasteiger charge is -2.12. The molecule has 1 nitrogen and oxygen atoms in total. The third-order valence-corrected chi connectivity index (χ3v) is 3.03. The van der Waals surface area contributed by atoms with Gasteiger partial charge in [-0.05, 0) is 38.0 Å². The molecule has 0 radical (unpaired) electrons. The Balaban J connectivity index is 1.99. The Morgan fingerprint density at radius 3 is 2.60 bits per heavy atom. The zero-order valence-electron chi connectivity index (χ0n) is 6.77. The van der Waals surface area contributed by atoms with Crippen molar-refractivity contribution in [2.24, 2.45) is 5.92 Å². The second kappa shape index (κ2) is 2.54. The maximum Gasteiger partial charge on any atom is 0.00727 e. The van der Waals surface area contributed by atoms with Gasteiger partial charge in [0.05, 0.1) is 0 Å². The highest BCUT2D eigenvalue weighted by molar-refractivity contribution is 4.87. The van der Waals surface area contributed by atoms with Crippen molar-refractivity contribution >= 4 is 0 Å². The largest absolute Gasteiger partial charge is 0.311 e. The van der Waals surface area contributed by atoms with E-state index in [0.717, 1.165) is 18.0 Å². The Hall–Kier alpha value is -0.0400. The van der Waals surface area contributed by atoms with E-state index in [1.165, 1.54) is 32.1 Å². The smallest absolute Gasteiger partial charge is 0.00727 e. The van der Waals surface area contributed by atoms with E-state index in [9.17, 15) is 0 Å². The molecule has 3 atom stereocenters. The van der Waals surface area contributed by atoms with Crippen molar-refractivity contribution in [3.8, 4) is 0 Å². The molecule has 0 spiro atoms. The second-order valence-corrected chi connectivity index (χ2v) is 4.06. The SMILES string of the molecule is CC1CCC2CCC(C1)N2. The third-order valence-electron chi connectivity index (χ3n) is 3.03. The van der Waals surface area contributed by atoms with Gasteiger partial charge in [-0.25, -0.2) is 0 Å². The van der Waals surface area contributed by atoms with Crippen molar-refractivity contribution < 1.29 is 0 Å². The molecule has 2 aliphatic rings. The van der Waals surface area contributed by atoms with Gasteiger partial charge in [0, 0.05) is 12.1 Å². The van der Waals surface area contributed by atoms with Gasteiger partial charge in [-0.2, -0.15) is 0 Å². The predicted molar refractivity (Wildman–Crippen MR) is 43.0 cm³/mol. The van der Waals surface area contributed by atoms with Crippen LogP contribution in [0.15, 0.2) is 0 Å². The number of hydrogen-bond donors (Lipinski definition) is 1. The number of nitrogens with one attached hydrogen (secondary N) is 1. The molecule has 1 heteroatoms. The number of fused-ring (bicyclic) bond motifs is 2. The summed E-state index contributed by atoms with van der Waals surface area (Å²) in [6.07, 6.45) is 7.19. The van der Waals surface area contributed by atoms with Crippen LogP contribution in [0, 0.1) is 5.92 Å². The quantitative estimate of drug-likeness (QED) is 0.540.